The number of hydrogen-bond acceptors (Lipinski definition) is 6. The lowest BCUT2D eigenvalue weighted by Gasteiger charge is -2.11. The lowest BCUT2D eigenvalue weighted by atomic mass is 10.1. The van der Waals surface area contributed by atoms with Crippen LogP contribution in [0.5, 0.6) is 11.5 Å². The van der Waals surface area contributed by atoms with Crippen molar-refractivity contribution in [3.8, 4) is 11.5 Å². The summed E-state index contributed by atoms with van der Waals surface area (Å²) >= 11 is 3.39. The Bertz CT molecular complexity index is 1430. The SMILES string of the molecule is CN(C)c1ccc(/C=C2\Oc3cc(OC(=O)c4cc5cc(Br)ccc5o4)ccc3C2=O)cc1. The first-order valence-electron chi connectivity index (χ1n) is 10.1. The summed E-state index contributed by atoms with van der Waals surface area (Å²) in [6.07, 6.45) is 1.69. The summed E-state index contributed by atoms with van der Waals surface area (Å²) in [7, 11) is 3.93. The van der Waals surface area contributed by atoms with Gasteiger partial charge in [-0.3, -0.25) is 4.79 Å². The Hall–Kier alpha value is -3.84. The number of ketones is 1. The highest BCUT2D eigenvalue weighted by Gasteiger charge is 2.28. The van der Waals surface area contributed by atoms with Gasteiger partial charge in [-0.05, 0) is 60.2 Å². The predicted octanol–water partition coefficient (Wildman–Crippen LogP) is 6.10. The molecule has 2 heterocycles. The summed E-state index contributed by atoms with van der Waals surface area (Å²) in [5, 5.41) is 0.785. The number of halogens is 1. The molecule has 0 saturated carbocycles. The molecule has 0 fully saturated rings. The zero-order valence-corrected chi connectivity index (χ0v) is 19.4. The molecule has 4 aromatic rings. The van der Waals surface area contributed by atoms with Crippen molar-refractivity contribution in [3.05, 3.63) is 93.8 Å². The number of allylic oxidation sites excluding steroid dienone is 1. The van der Waals surface area contributed by atoms with E-state index >= 15 is 0 Å². The number of rotatable bonds is 4. The van der Waals surface area contributed by atoms with Crippen LogP contribution in [0.25, 0.3) is 17.0 Å². The molecule has 1 aliphatic rings. The highest BCUT2D eigenvalue weighted by atomic mass is 79.9. The fourth-order valence-corrected chi connectivity index (χ4v) is 3.90. The predicted molar refractivity (Wildman–Crippen MR) is 129 cm³/mol. The largest absolute Gasteiger partial charge is 0.452 e. The Morgan fingerprint density at radius 1 is 1.00 bits per heavy atom. The van der Waals surface area contributed by atoms with Crippen molar-refractivity contribution < 1.29 is 23.5 Å². The van der Waals surface area contributed by atoms with Crippen LogP contribution in [-0.2, 0) is 0 Å². The van der Waals surface area contributed by atoms with Crippen LogP contribution in [0.3, 0.4) is 0 Å². The van der Waals surface area contributed by atoms with Crippen LogP contribution in [0.15, 0.2) is 81.4 Å². The van der Waals surface area contributed by atoms with Gasteiger partial charge in [-0.15, -0.1) is 0 Å². The van der Waals surface area contributed by atoms with Gasteiger partial charge in [0.2, 0.25) is 11.5 Å². The van der Waals surface area contributed by atoms with Gasteiger partial charge < -0.3 is 18.8 Å². The number of benzene rings is 3. The van der Waals surface area contributed by atoms with Gasteiger partial charge in [-0.2, -0.15) is 0 Å². The second-order valence-corrected chi connectivity index (χ2v) is 8.68. The van der Waals surface area contributed by atoms with Gasteiger partial charge in [0.05, 0.1) is 5.56 Å². The molecule has 0 saturated heterocycles. The molecular weight excluding hydrogens is 486 g/mol. The Balaban J connectivity index is 1.34. The molecular formula is C26H18BrNO5. The number of esters is 1. The molecule has 3 aromatic carbocycles. The minimum atomic E-state index is -0.636. The number of carbonyl (C=O) groups excluding carboxylic acids is 2. The van der Waals surface area contributed by atoms with Crippen LogP contribution in [0.4, 0.5) is 5.69 Å². The first-order valence-corrected chi connectivity index (χ1v) is 10.9. The Morgan fingerprint density at radius 2 is 1.79 bits per heavy atom. The van der Waals surface area contributed by atoms with E-state index in [0.717, 1.165) is 21.1 Å². The van der Waals surface area contributed by atoms with Gasteiger partial charge in [0.15, 0.2) is 5.76 Å². The lowest BCUT2D eigenvalue weighted by molar-refractivity contribution is 0.0703. The second kappa shape index (κ2) is 8.26. The number of Topliss-reactive ketones (excluding diaryl/α,β-unsaturated/α-hetero) is 1. The fraction of sp³-hybridized carbons (Fsp3) is 0.0769. The summed E-state index contributed by atoms with van der Waals surface area (Å²) in [5.41, 5.74) is 2.91. The Labute approximate surface area is 198 Å². The fourth-order valence-electron chi connectivity index (χ4n) is 3.52. The van der Waals surface area contributed by atoms with E-state index in [4.69, 9.17) is 13.9 Å². The average molecular weight is 504 g/mol. The smallest absolute Gasteiger partial charge is 0.379 e. The van der Waals surface area contributed by atoms with E-state index in [0.29, 0.717) is 16.9 Å². The lowest BCUT2D eigenvalue weighted by Crippen LogP contribution is -2.08. The molecule has 1 aromatic heterocycles. The summed E-state index contributed by atoms with van der Waals surface area (Å²) in [6, 6.07) is 19.5. The van der Waals surface area contributed by atoms with Crippen molar-refractivity contribution >= 4 is 50.4 Å². The van der Waals surface area contributed by atoms with Crippen LogP contribution in [0.1, 0.15) is 26.5 Å². The van der Waals surface area contributed by atoms with Crippen molar-refractivity contribution in [1.82, 2.24) is 0 Å². The molecule has 164 valence electrons. The second-order valence-electron chi connectivity index (χ2n) is 7.77. The van der Waals surface area contributed by atoms with Crippen LogP contribution in [0, 0.1) is 0 Å². The quantitative estimate of drug-likeness (QED) is 0.190. The molecule has 0 spiro atoms. The monoisotopic (exact) mass is 503 g/mol. The Morgan fingerprint density at radius 3 is 2.55 bits per heavy atom. The summed E-state index contributed by atoms with van der Waals surface area (Å²) < 4.78 is 17.7. The van der Waals surface area contributed by atoms with Gasteiger partial charge >= 0.3 is 5.97 Å². The van der Waals surface area contributed by atoms with E-state index in [9.17, 15) is 9.59 Å². The zero-order valence-electron chi connectivity index (χ0n) is 17.8. The van der Waals surface area contributed by atoms with E-state index in [-0.39, 0.29) is 23.1 Å². The number of fused-ring (bicyclic) bond motifs is 2. The molecule has 0 atom stereocenters. The third-order valence-corrected chi connectivity index (χ3v) is 5.73. The van der Waals surface area contributed by atoms with Crippen molar-refractivity contribution in [2.24, 2.45) is 0 Å². The topological polar surface area (TPSA) is 69.0 Å². The van der Waals surface area contributed by atoms with Crippen LogP contribution >= 0.6 is 15.9 Å². The van der Waals surface area contributed by atoms with Crippen LogP contribution in [0.2, 0.25) is 0 Å². The van der Waals surface area contributed by atoms with Crippen molar-refractivity contribution in [1.29, 1.82) is 0 Å². The zero-order chi connectivity index (χ0) is 23.1. The molecule has 0 N–H and O–H groups in total. The average Bonchev–Trinajstić information content (AvgIpc) is 3.35. The van der Waals surface area contributed by atoms with Gasteiger partial charge in [0.1, 0.15) is 17.1 Å². The van der Waals surface area contributed by atoms with E-state index in [1.54, 1.807) is 30.3 Å². The van der Waals surface area contributed by atoms with Gasteiger partial charge in [0, 0.05) is 35.7 Å². The molecule has 0 unspecified atom stereocenters. The molecule has 0 aliphatic carbocycles. The van der Waals surface area contributed by atoms with Crippen molar-refractivity contribution in [2.45, 2.75) is 0 Å². The molecule has 6 nitrogen and oxygen atoms in total. The van der Waals surface area contributed by atoms with Gasteiger partial charge in [0.25, 0.3) is 0 Å². The molecule has 0 radical (unpaired) electrons. The van der Waals surface area contributed by atoms with Crippen LogP contribution in [-0.4, -0.2) is 25.8 Å². The van der Waals surface area contributed by atoms with Crippen LogP contribution < -0.4 is 14.4 Å². The summed E-state index contributed by atoms with van der Waals surface area (Å²) in [5.74, 6) is 0.0434. The van der Waals surface area contributed by atoms with Crippen molar-refractivity contribution in [2.75, 3.05) is 19.0 Å². The van der Waals surface area contributed by atoms with E-state index in [2.05, 4.69) is 15.9 Å². The minimum absolute atomic E-state index is 0.0855. The van der Waals surface area contributed by atoms with Crippen molar-refractivity contribution in [3.63, 3.8) is 0 Å². The number of hydrogen-bond donors (Lipinski definition) is 0. The molecule has 0 amide bonds. The standard InChI is InChI=1S/C26H18BrNO5/c1-28(2)18-6-3-15(4-7-18)11-23-25(29)20-9-8-19(14-22(20)33-23)31-26(30)24-13-16-12-17(27)5-10-21(16)32-24/h3-14H,1-2H3/b23-11-. The van der Waals surface area contributed by atoms with Gasteiger partial charge in [-0.25, -0.2) is 4.79 Å². The van der Waals surface area contributed by atoms with Gasteiger partial charge in [-0.1, -0.05) is 28.1 Å². The molecule has 33 heavy (non-hydrogen) atoms. The maximum Gasteiger partial charge on any atom is 0.379 e. The maximum atomic E-state index is 12.7. The summed E-state index contributed by atoms with van der Waals surface area (Å²) in [4.78, 5) is 27.3. The number of anilines is 1. The number of nitrogens with zero attached hydrogens (tertiary/aromatic N) is 1. The number of carbonyl (C=O) groups is 2. The minimum Gasteiger partial charge on any atom is -0.452 e. The molecule has 1 aliphatic heterocycles. The third kappa shape index (κ3) is 4.15. The number of furan rings is 1. The van der Waals surface area contributed by atoms with E-state index in [1.807, 2.05) is 55.4 Å². The highest BCUT2D eigenvalue weighted by Crippen LogP contribution is 2.35. The van der Waals surface area contributed by atoms with E-state index < -0.39 is 5.97 Å². The Kier molecular flexibility index (Phi) is 5.26. The highest BCUT2D eigenvalue weighted by molar-refractivity contribution is 9.10. The summed E-state index contributed by atoms with van der Waals surface area (Å²) in [6.45, 7) is 0. The molecule has 5 rings (SSSR count). The number of ether oxygens (including phenoxy) is 2. The van der Waals surface area contributed by atoms with E-state index in [1.165, 1.54) is 6.07 Å². The molecule has 7 heteroatoms. The first kappa shape index (κ1) is 21.0. The normalized spacial score (nSPS) is 13.8. The third-order valence-electron chi connectivity index (χ3n) is 5.24. The maximum absolute atomic E-state index is 12.7. The first-order chi connectivity index (χ1) is 15.9. The molecule has 0 bridgehead atoms.